The van der Waals surface area contributed by atoms with Crippen molar-refractivity contribution in [2.75, 3.05) is 6.54 Å². The number of hydrogen-bond acceptors (Lipinski definition) is 3. The van der Waals surface area contributed by atoms with Gasteiger partial charge < -0.3 is 10.2 Å². The molecule has 2 unspecified atom stereocenters. The van der Waals surface area contributed by atoms with Gasteiger partial charge in [-0.15, -0.1) is 0 Å². The van der Waals surface area contributed by atoms with Gasteiger partial charge in [0.15, 0.2) is 0 Å². The normalized spacial score (nSPS) is 28.6. The minimum atomic E-state index is 0.512. The molecule has 0 aromatic carbocycles. The molecule has 2 aliphatic rings. The third-order valence-electron chi connectivity index (χ3n) is 4.72. The molecular formula is C15H24N2O. The Hall–Kier alpha value is -0.800. The number of likely N-dealkylation sites (tertiary alicyclic amines) is 1. The average Bonchev–Trinajstić information content (AvgIpc) is 2.96. The van der Waals surface area contributed by atoms with Crippen molar-refractivity contribution in [2.24, 2.45) is 11.7 Å². The van der Waals surface area contributed by atoms with Crippen LogP contribution in [0.3, 0.4) is 0 Å². The fraction of sp³-hybridized carbons (Fsp3) is 0.733. The minimum absolute atomic E-state index is 0.512. The molecule has 0 spiro atoms. The molecule has 3 nitrogen and oxygen atoms in total. The molecule has 1 aliphatic carbocycles. The van der Waals surface area contributed by atoms with Crippen LogP contribution in [0.15, 0.2) is 10.5 Å². The van der Waals surface area contributed by atoms with E-state index < -0.39 is 0 Å². The number of piperidine rings is 1. The monoisotopic (exact) mass is 248 g/mol. The molecule has 1 aromatic rings. The number of furan rings is 1. The Morgan fingerprint density at radius 3 is 2.94 bits per heavy atom. The summed E-state index contributed by atoms with van der Waals surface area (Å²) >= 11 is 0. The largest absolute Gasteiger partial charge is 0.463 e. The first kappa shape index (κ1) is 12.2. The Labute approximate surface area is 109 Å². The average molecular weight is 248 g/mol. The van der Waals surface area contributed by atoms with E-state index in [1.165, 1.54) is 44.2 Å². The van der Waals surface area contributed by atoms with E-state index in [0.29, 0.717) is 6.54 Å². The summed E-state index contributed by atoms with van der Waals surface area (Å²) in [4.78, 5) is 2.64. The van der Waals surface area contributed by atoms with Crippen molar-refractivity contribution in [1.82, 2.24) is 4.90 Å². The van der Waals surface area contributed by atoms with Gasteiger partial charge in [0.25, 0.3) is 0 Å². The van der Waals surface area contributed by atoms with Gasteiger partial charge >= 0.3 is 0 Å². The third kappa shape index (κ3) is 2.21. The van der Waals surface area contributed by atoms with Crippen LogP contribution in [0, 0.1) is 12.8 Å². The van der Waals surface area contributed by atoms with Crippen LogP contribution >= 0.6 is 0 Å². The summed E-state index contributed by atoms with van der Waals surface area (Å²) in [5.41, 5.74) is 6.88. The lowest BCUT2D eigenvalue weighted by Gasteiger charge is -2.37. The van der Waals surface area contributed by atoms with E-state index in [1.54, 1.807) is 0 Å². The predicted octanol–water partition coefficient (Wildman–Crippen LogP) is 2.81. The van der Waals surface area contributed by atoms with Gasteiger partial charge in [0.05, 0.1) is 13.1 Å². The van der Waals surface area contributed by atoms with Crippen molar-refractivity contribution < 1.29 is 4.42 Å². The number of nitrogens with zero attached hydrogens (tertiary/aromatic N) is 1. The quantitative estimate of drug-likeness (QED) is 0.894. The van der Waals surface area contributed by atoms with Crippen molar-refractivity contribution in [2.45, 2.75) is 58.2 Å². The Morgan fingerprint density at radius 2 is 2.17 bits per heavy atom. The summed E-state index contributed by atoms with van der Waals surface area (Å²) < 4.78 is 5.85. The highest BCUT2D eigenvalue weighted by atomic mass is 16.3. The maximum Gasteiger partial charge on any atom is 0.120 e. The van der Waals surface area contributed by atoms with Crippen molar-refractivity contribution in [3.05, 3.63) is 23.2 Å². The fourth-order valence-corrected chi connectivity index (χ4v) is 3.82. The Kier molecular flexibility index (Phi) is 3.44. The molecule has 0 radical (unpaired) electrons. The number of rotatable bonds is 3. The fourth-order valence-electron chi connectivity index (χ4n) is 3.82. The van der Waals surface area contributed by atoms with Crippen LogP contribution in [-0.2, 0) is 13.1 Å². The number of fused-ring (bicyclic) bond motifs is 1. The van der Waals surface area contributed by atoms with Crippen LogP contribution in [-0.4, -0.2) is 17.5 Å². The molecule has 1 aromatic heterocycles. The maximum atomic E-state index is 5.85. The Balaban J connectivity index is 1.70. The van der Waals surface area contributed by atoms with Gasteiger partial charge in [0.2, 0.25) is 0 Å². The summed E-state index contributed by atoms with van der Waals surface area (Å²) in [5, 5.41) is 0. The zero-order valence-corrected chi connectivity index (χ0v) is 11.3. The zero-order valence-electron chi connectivity index (χ0n) is 11.3. The topological polar surface area (TPSA) is 42.4 Å². The third-order valence-corrected chi connectivity index (χ3v) is 4.72. The molecule has 3 heteroatoms. The standard InChI is InChI=1S/C15H24N2O/c1-11-8-13(18-15(11)9-16)10-17-7-3-5-12-4-2-6-14(12)17/h8,12,14H,2-7,9-10,16H2,1H3. The highest BCUT2D eigenvalue weighted by Gasteiger charge is 2.35. The molecule has 3 rings (SSSR count). The number of hydrogen-bond donors (Lipinski definition) is 1. The molecule has 100 valence electrons. The van der Waals surface area contributed by atoms with Gasteiger partial charge in [-0.05, 0) is 56.7 Å². The van der Waals surface area contributed by atoms with Crippen LogP contribution in [0.2, 0.25) is 0 Å². The molecule has 1 aliphatic heterocycles. The van der Waals surface area contributed by atoms with E-state index >= 15 is 0 Å². The van der Waals surface area contributed by atoms with Crippen LogP contribution < -0.4 is 5.73 Å². The number of nitrogens with two attached hydrogens (primary N) is 1. The molecule has 2 fully saturated rings. The summed E-state index contributed by atoms with van der Waals surface area (Å²) in [5.74, 6) is 2.99. The zero-order chi connectivity index (χ0) is 12.5. The van der Waals surface area contributed by atoms with E-state index in [4.69, 9.17) is 10.2 Å². The first-order chi connectivity index (χ1) is 8.78. The van der Waals surface area contributed by atoms with E-state index in [1.807, 2.05) is 0 Å². The molecule has 1 saturated carbocycles. The van der Waals surface area contributed by atoms with Gasteiger partial charge in [-0.3, -0.25) is 4.90 Å². The van der Waals surface area contributed by atoms with Gasteiger partial charge in [0.1, 0.15) is 11.5 Å². The van der Waals surface area contributed by atoms with Crippen molar-refractivity contribution in [3.8, 4) is 0 Å². The van der Waals surface area contributed by atoms with E-state index in [9.17, 15) is 0 Å². The van der Waals surface area contributed by atoms with Crippen LogP contribution in [0.4, 0.5) is 0 Å². The first-order valence-electron chi connectivity index (χ1n) is 7.30. The molecule has 1 saturated heterocycles. The van der Waals surface area contributed by atoms with Crippen LogP contribution in [0.25, 0.3) is 0 Å². The van der Waals surface area contributed by atoms with Crippen molar-refractivity contribution >= 4 is 0 Å². The van der Waals surface area contributed by atoms with E-state index in [0.717, 1.165) is 30.0 Å². The summed E-state index contributed by atoms with van der Waals surface area (Å²) in [7, 11) is 0. The molecule has 2 N–H and O–H groups in total. The second-order valence-electron chi connectivity index (χ2n) is 5.89. The predicted molar refractivity (Wildman–Crippen MR) is 72.1 cm³/mol. The van der Waals surface area contributed by atoms with Gasteiger partial charge in [0, 0.05) is 6.04 Å². The summed E-state index contributed by atoms with van der Waals surface area (Å²) in [6, 6.07) is 2.98. The maximum absolute atomic E-state index is 5.85. The van der Waals surface area contributed by atoms with Gasteiger partial charge in [-0.25, -0.2) is 0 Å². The molecule has 0 bridgehead atoms. The highest BCUT2D eigenvalue weighted by molar-refractivity contribution is 5.20. The summed E-state index contributed by atoms with van der Waals surface area (Å²) in [6.45, 7) is 4.81. The lowest BCUT2D eigenvalue weighted by atomic mass is 9.92. The highest BCUT2D eigenvalue weighted by Crippen LogP contribution is 2.37. The molecule has 2 atom stereocenters. The van der Waals surface area contributed by atoms with Crippen LogP contribution in [0.1, 0.15) is 49.2 Å². The molecule has 0 amide bonds. The SMILES string of the molecule is Cc1cc(CN2CCCC3CCCC32)oc1CN. The Morgan fingerprint density at radius 1 is 1.33 bits per heavy atom. The van der Waals surface area contributed by atoms with Crippen LogP contribution in [0.5, 0.6) is 0 Å². The smallest absolute Gasteiger partial charge is 0.120 e. The van der Waals surface area contributed by atoms with E-state index in [2.05, 4.69) is 17.9 Å². The lowest BCUT2D eigenvalue weighted by molar-refractivity contribution is 0.0975. The molecular weight excluding hydrogens is 224 g/mol. The van der Waals surface area contributed by atoms with Gasteiger partial charge in [-0.1, -0.05) is 6.42 Å². The molecule has 18 heavy (non-hydrogen) atoms. The minimum Gasteiger partial charge on any atom is -0.463 e. The second kappa shape index (κ2) is 5.06. The summed E-state index contributed by atoms with van der Waals surface area (Å²) in [6.07, 6.45) is 7.02. The van der Waals surface area contributed by atoms with Crippen molar-refractivity contribution in [3.63, 3.8) is 0 Å². The Bertz CT molecular complexity index is 413. The van der Waals surface area contributed by atoms with Gasteiger partial charge in [-0.2, -0.15) is 0 Å². The number of aryl methyl sites for hydroxylation is 1. The second-order valence-corrected chi connectivity index (χ2v) is 5.89. The van der Waals surface area contributed by atoms with E-state index in [-0.39, 0.29) is 0 Å². The lowest BCUT2D eigenvalue weighted by Crippen LogP contribution is -2.41. The first-order valence-corrected chi connectivity index (χ1v) is 7.30. The van der Waals surface area contributed by atoms with Crippen molar-refractivity contribution in [1.29, 1.82) is 0 Å². The molecule has 2 heterocycles.